The van der Waals surface area contributed by atoms with Gasteiger partial charge in [-0.3, -0.25) is 0 Å². The number of hydrogen-bond acceptors (Lipinski definition) is 2. The second-order valence-electron chi connectivity index (χ2n) is 2.43. The fourth-order valence-corrected chi connectivity index (χ4v) is 1.38. The lowest BCUT2D eigenvalue weighted by Gasteiger charge is -2.16. The molecule has 0 aromatic heterocycles. The van der Waals surface area contributed by atoms with Crippen molar-refractivity contribution in [3.05, 3.63) is 0 Å². The van der Waals surface area contributed by atoms with Crippen LogP contribution in [0.1, 0.15) is 12.8 Å². The van der Waals surface area contributed by atoms with Crippen molar-refractivity contribution in [1.82, 2.24) is 4.90 Å². The van der Waals surface area contributed by atoms with E-state index >= 15 is 0 Å². The average Bonchev–Trinajstić information content (AvgIpc) is 2.36. The molecule has 1 unspecified atom stereocenters. The van der Waals surface area contributed by atoms with Crippen LogP contribution in [0.4, 0.5) is 4.79 Å². The number of likely N-dealkylation sites (tertiary alicyclic amines) is 1. The van der Waals surface area contributed by atoms with Crippen LogP contribution in [0.15, 0.2) is 4.51 Å². The highest BCUT2D eigenvalue weighted by atomic mass is 35.5. The van der Waals surface area contributed by atoms with Crippen molar-refractivity contribution in [2.75, 3.05) is 6.54 Å². The molecular formula is C6H9ClN2O2. The molecule has 1 saturated heterocycles. The van der Waals surface area contributed by atoms with Gasteiger partial charge in [-0.25, -0.2) is 4.79 Å². The van der Waals surface area contributed by atoms with Crippen molar-refractivity contribution in [3.63, 3.8) is 0 Å². The molecule has 5 heteroatoms. The van der Waals surface area contributed by atoms with Gasteiger partial charge in [0.05, 0.1) is 6.04 Å². The minimum atomic E-state index is -0.899. The molecule has 11 heavy (non-hydrogen) atoms. The average molecular weight is 177 g/mol. The molecule has 1 atom stereocenters. The van der Waals surface area contributed by atoms with Gasteiger partial charge in [0.1, 0.15) is 0 Å². The van der Waals surface area contributed by atoms with Gasteiger partial charge in [0.25, 0.3) is 0 Å². The first-order chi connectivity index (χ1) is 5.25. The van der Waals surface area contributed by atoms with Crippen LogP contribution in [0.3, 0.4) is 0 Å². The topological polar surface area (TPSA) is 52.9 Å². The van der Waals surface area contributed by atoms with Crippen molar-refractivity contribution in [1.29, 1.82) is 0 Å². The molecule has 0 aromatic rings. The Morgan fingerprint density at radius 3 is 3.09 bits per heavy atom. The molecule has 1 fully saturated rings. The molecule has 1 rings (SSSR count). The van der Waals surface area contributed by atoms with Crippen LogP contribution in [-0.2, 0) is 0 Å². The zero-order valence-electron chi connectivity index (χ0n) is 5.90. The molecule has 4 nitrogen and oxygen atoms in total. The number of rotatable bonds is 1. The Morgan fingerprint density at radius 2 is 2.55 bits per heavy atom. The maximum Gasteiger partial charge on any atom is 0.407 e. The summed E-state index contributed by atoms with van der Waals surface area (Å²) in [4.78, 5) is 11.8. The normalized spacial score (nSPS) is 24.8. The van der Waals surface area contributed by atoms with E-state index in [1.807, 2.05) is 0 Å². The summed E-state index contributed by atoms with van der Waals surface area (Å²) < 4.78 is 3.29. The molecule has 0 bridgehead atoms. The smallest absolute Gasteiger partial charge is 0.407 e. The molecule has 0 aromatic carbocycles. The second-order valence-corrected chi connectivity index (χ2v) is 2.63. The van der Waals surface area contributed by atoms with E-state index in [2.05, 4.69) is 4.51 Å². The van der Waals surface area contributed by atoms with Gasteiger partial charge < -0.3 is 10.0 Å². The number of nitrogens with zero attached hydrogens (tertiary/aromatic N) is 2. The van der Waals surface area contributed by atoms with Gasteiger partial charge in [0, 0.05) is 24.5 Å². The lowest BCUT2D eigenvalue weighted by molar-refractivity contribution is 0.150. The molecule has 0 spiro atoms. The highest BCUT2D eigenvalue weighted by Crippen LogP contribution is 2.15. The van der Waals surface area contributed by atoms with Gasteiger partial charge in [-0.15, -0.1) is 0 Å². The fourth-order valence-electron chi connectivity index (χ4n) is 1.25. The predicted octanol–water partition coefficient (Wildman–Crippen LogP) is 1.35. The molecule has 0 radical (unpaired) electrons. The molecule has 1 heterocycles. The van der Waals surface area contributed by atoms with Crippen LogP contribution in [-0.4, -0.2) is 34.9 Å². The number of halogens is 1. The van der Waals surface area contributed by atoms with E-state index in [9.17, 15) is 4.79 Å². The molecular weight excluding hydrogens is 168 g/mol. The van der Waals surface area contributed by atoms with E-state index in [0.29, 0.717) is 6.54 Å². The molecule has 1 aliphatic rings. The first-order valence-electron chi connectivity index (χ1n) is 3.39. The maximum atomic E-state index is 10.5. The number of hydrogen-bond donors (Lipinski definition) is 1. The first kappa shape index (κ1) is 8.33. The Labute approximate surface area is 69.6 Å². The standard InChI is InChI=1S/C6H9ClN2O2/c7-8-4-5-2-1-3-9(5)6(10)11/h4-5H,1-3H2,(H,10,11)/b8-4+. The lowest BCUT2D eigenvalue weighted by Crippen LogP contribution is -2.34. The molecule has 1 amide bonds. The largest absolute Gasteiger partial charge is 0.465 e. The monoisotopic (exact) mass is 176 g/mol. The maximum absolute atomic E-state index is 10.5. The number of amides is 1. The summed E-state index contributed by atoms with van der Waals surface area (Å²) in [6.07, 6.45) is 2.27. The van der Waals surface area contributed by atoms with E-state index in [-0.39, 0.29) is 6.04 Å². The van der Waals surface area contributed by atoms with Gasteiger partial charge in [0.2, 0.25) is 0 Å². The molecule has 1 aliphatic heterocycles. The van der Waals surface area contributed by atoms with E-state index in [0.717, 1.165) is 12.8 Å². The minimum absolute atomic E-state index is 0.120. The lowest BCUT2D eigenvalue weighted by atomic mass is 10.2. The Kier molecular flexibility index (Phi) is 2.70. The van der Waals surface area contributed by atoms with Gasteiger partial charge in [-0.1, -0.05) is 0 Å². The summed E-state index contributed by atoms with van der Waals surface area (Å²) in [7, 11) is 0. The highest BCUT2D eigenvalue weighted by molar-refractivity contribution is 6.17. The molecule has 0 aliphatic carbocycles. The zero-order valence-corrected chi connectivity index (χ0v) is 6.66. The van der Waals surface area contributed by atoms with Gasteiger partial charge >= 0.3 is 6.09 Å². The van der Waals surface area contributed by atoms with E-state index in [1.54, 1.807) is 0 Å². The van der Waals surface area contributed by atoms with E-state index < -0.39 is 6.09 Å². The van der Waals surface area contributed by atoms with Crippen molar-refractivity contribution in [2.24, 2.45) is 4.51 Å². The SMILES string of the molecule is O=C(O)N1CCCC1/C=N/Cl. The molecule has 1 N–H and O–H groups in total. The third-order valence-corrected chi connectivity index (χ3v) is 1.89. The van der Waals surface area contributed by atoms with Crippen LogP contribution in [0.2, 0.25) is 0 Å². The van der Waals surface area contributed by atoms with Crippen LogP contribution < -0.4 is 0 Å². The van der Waals surface area contributed by atoms with E-state index in [1.165, 1.54) is 11.1 Å². The summed E-state index contributed by atoms with van der Waals surface area (Å²) in [6.45, 7) is 0.586. The molecule has 62 valence electrons. The predicted molar refractivity (Wildman–Crippen MR) is 42.1 cm³/mol. The van der Waals surface area contributed by atoms with Crippen LogP contribution in [0.5, 0.6) is 0 Å². The summed E-state index contributed by atoms with van der Waals surface area (Å²) in [6, 6.07) is -0.120. The van der Waals surface area contributed by atoms with Crippen molar-refractivity contribution >= 4 is 24.1 Å². The summed E-state index contributed by atoms with van der Waals surface area (Å²) >= 11 is 5.10. The third-order valence-electron chi connectivity index (χ3n) is 1.77. The minimum Gasteiger partial charge on any atom is -0.465 e. The van der Waals surface area contributed by atoms with Gasteiger partial charge in [-0.05, 0) is 12.8 Å². The van der Waals surface area contributed by atoms with Crippen LogP contribution in [0, 0.1) is 0 Å². The fraction of sp³-hybridized carbons (Fsp3) is 0.667. The highest BCUT2D eigenvalue weighted by Gasteiger charge is 2.26. The van der Waals surface area contributed by atoms with Gasteiger partial charge in [-0.2, -0.15) is 4.51 Å². The Balaban J connectivity index is 2.57. The Morgan fingerprint density at radius 1 is 1.82 bits per heavy atom. The zero-order chi connectivity index (χ0) is 8.27. The molecule has 0 saturated carbocycles. The van der Waals surface area contributed by atoms with Crippen LogP contribution >= 0.6 is 11.8 Å². The number of carbonyl (C=O) groups is 1. The summed E-state index contributed by atoms with van der Waals surface area (Å²) in [5.74, 6) is 0. The Hall–Kier alpha value is -0.770. The van der Waals surface area contributed by atoms with E-state index in [4.69, 9.17) is 16.9 Å². The van der Waals surface area contributed by atoms with Crippen molar-refractivity contribution < 1.29 is 9.90 Å². The van der Waals surface area contributed by atoms with Gasteiger partial charge in [0.15, 0.2) is 0 Å². The third kappa shape index (κ3) is 1.83. The number of carboxylic acid groups (broad SMARTS) is 1. The van der Waals surface area contributed by atoms with Crippen LogP contribution in [0.25, 0.3) is 0 Å². The summed E-state index contributed by atoms with van der Waals surface area (Å²) in [5.41, 5.74) is 0. The summed E-state index contributed by atoms with van der Waals surface area (Å²) in [5, 5.41) is 8.63. The first-order valence-corrected chi connectivity index (χ1v) is 3.73. The van der Waals surface area contributed by atoms with Crippen molar-refractivity contribution in [2.45, 2.75) is 18.9 Å². The Bertz CT molecular complexity index is 183. The van der Waals surface area contributed by atoms with Crippen molar-refractivity contribution in [3.8, 4) is 0 Å². The quantitative estimate of drug-likeness (QED) is 0.614. The second kappa shape index (κ2) is 3.57.